The fourth-order valence-electron chi connectivity index (χ4n) is 3.85. The summed E-state index contributed by atoms with van der Waals surface area (Å²) in [5.74, 6) is 1.61. The van der Waals surface area contributed by atoms with E-state index in [1.54, 1.807) is 0 Å². The number of rotatable bonds is 6. The van der Waals surface area contributed by atoms with Crippen LogP contribution in [0, 0.1) is 0 Å². The number of amides is 2. The molecule has 6 heteroatoms. The largest absolute Gasteiger partial charge is 0.339 e. The number of anilines is 1. The van der Waals surface area contributed by atoms with E-state index in [1.807, 2.05) is 23.1 Å². The van der Waals surface area contributed by atoms with Crippen LogP contribution >= 0.6 is 0 Å². The summed E-state index contributed by atoms with van der Waals surface area (Å²) in [7, 11) is 0. The molecule has 1 aliphatic carbocycles. The van der Waals surface area contributed by atoms with E-state index in [-0.39, 0.29) is 11.8 Å². The first-order valence-electron chi connectivity index (χ1n) is 9.97. The van der Waals surface area contributed by atoms with Gasteiger partial charge in [0.15, 0.2) is 5.82 Å². The van der Waals surface area contributed by atoms with Crippen LogP contribution in [-0.2, 0) is 16.0 Å². The van der Waals surface area contributed by atoms with E-state index in [0.29, 0.717) is 24.1 Å². The summed E-state index contributed by atoms with van der Waals surface area (Å²) >= 11 is 0. The van der Waals surface area contributed by atoms with Crippen LogP contribution < -0.4 is 5.32 Å². The van der Waals surface area contributed by atoms with Gasteiger partial charge >= 0.3 is 0 Å². The molecule has 1 saturated heterocycles. The lowest BCUT2D eigenvalue weighted by atomic mass is 9.89. The van der Waals surface area contributed by atoms with Crippen LogP contribution in [0.2, 0.25) is 0 Å². The van der Waals surface area contributed by atoms with Crippen LogP contribution in [0.15, 0.2) is 43.0 Å². The zero-order valence-corrected chi connectivity index (χ0v) is 16.0. The normalized spacial score (nSPS) is 17.4. The van der Waals surface area contributed by atoms with Gasteiger partial charge in [0.05, 0.1) is 6.42 Å². The van der Waals surface area contributed by atoms with Crippen molar-refractivity contribution < 1.29 is 9.59 Å². The minimum Gasteiger partial charge on any atom is -0.339 e. The van der Waals surface area contributed by atoms with Gasteiger partial charge < -0.3 is 10.2 Å². The molecule has 4 rings (SSSR count). The number of aromatic nitrogens is 2. The molecule has 2 fully saturated rings. The van der Waals surface area contributed by atoms with Crippen molar-refractivity contribution >= 4 is 17.6 Å². The molecule has 0 radical (unpaired) electrons. The highest BCUT2D eigenvalue weighted by molar-refractivity contribution is 5.91. The molecular formula is C22H26N4O2. The van der Waals surface area contributed by atoms with Crippen molar-refractivity contribution in [1.82, 2.24) is 15.1 Å². The highest BCUT2D eigenvalue weighted by Crippen LogP contribution is 2.39. The molecule has 2 aliphatic rings. The standard InChI is InChI=1S/C22H26N4O2/c1-2-22(28)26-11-9-17(10-12-26)16-5-3-15(4-6-16)13-21(27)23-20-14-19(24-25-20)18-7-8-18/h2-6,14,17-18H,1,7-13H2,(H2,23,24,25,27). The molecule has 1 saturated carbocycles. The second-order valence-electron chi connectivity index (χ2n) is 7.75. The van der Waals surface area contributed by atoms with Gasteiger partial charge in [-0.3, -0.25) is 14.7 Å². The second-order valence-corrected chi connectivity index (χ2v) is 7.75. The van der Waals surface area contributed by atoms with E-state index in [9.17, 15) is 9.59 Å². The maximum absolute atomic E-state index is 12.3. The van der Waals surface area contributed by atoms with Crippen molar-refractivity contribution in [3.63, 3.8) is 0 Å². The molecule has 2 heterocycles. The topological polar surface area (TPSA) is 78.1 Å². The molecule has 28 heavy (non-hydrogen) atoms. The molecule has 1 aromatic heterocycles. The van der Waals surface area contributed by atoms with Crippen LogP contribution in [0.3, 0.4) is 0 Å². The highest BCUT2D eigenvalue weighted by atomic mass is 16.2. The average molecular weight is 378 g/mol. The first-order chi connectivity index (χ1) is 13.6. The van der Waals surface area contributed by atoms with Gasteiger partial charge in [0.2, 0.25) is 11.8 Å². The van der Waals surface area contributed by atoms with Crippen molar-refractivity contribution in [3.8, 4) is 0 Å². The Morgan fingerprint density at radius 2 is 1.86 bits per heavy atom. The predicted octanol–water partition coefficient (Wildman–Crippen LogP) is 3.36. The molecule has 146 valence electrons. The molecule has 0 unspecified atom stereocenters. The van der Waals surface area contributed by atoms with Gasteiger partial charge in [0.1, 0.15) is 0 Å². The minimum atomic E-state index is -0.0576. The summed E-state index contributed by atoms with van der Waals surface area (Å²) in [5.41, 5.74) is 3.37. The molecule has 0 bridgehead atoms. The number of carbonyl (C=O) groups excluding carboxylic acids is 2. The lowest BCUT2D eigenvalue weighted by Crippen LogP contribution is -2.36. The molecule has 2 aromatic rings. The Kier molecular flexibility index (Phi) is 5.28. The van der Waals surface area contributed by atoms with E-state index >= 15 is 0 Å². The van der Waals surface area contributed by atoms with Crippen LogP contribution in [0.25, 0.3) is 0 Å². The van der Waals surface area contributed by atoms with Gasteiger partial charge in [-0.05, 0) is 48.8 Å². The number of likely N-dealkylation sites (tertiary alicyclic amines) is 1. The molecule has 1 aromatic carbocycles. The lowest BCUT2D eigenvalue weighted by molar-refractivity contribution is -0.127. The SMILES string of the molecule is C=CC(=O)N1CCC(c2ccc(CC(=O)Nc3cc(C4CC4)[nH]n3)cc2)CC1. The van der Waals surface area contributed by atoms with Crippen molar-refractivity contribution in [2.75, 3.05) is 18.4 Å². The average Bonchev–Trinajstić information content (AvgIpc) is 3.47. The fourth-order valence-corrected chi connectivity index (χ4v) is 3.85. The maximum Gasteiger partial charge on any atom is 0.245 e. The number of aromatic amines is 1. The van der Waals surface area contributed by atoms with E-state index in [2.05, 4.69) is 34.2 Å². The Morgan fingerprint density at radius 1 is 1.14 bits per heavy atom. The number of benzene rings is 1. The maximum atomic E-state index is 12.3. The molecule has 2 amide bonds. The summed E-state index contributed by atoms with van der Waals surface area (Å²) in [6.45, 7) is 5.09. The summed E-state index contributed by atoms with van der Waals surface area (Å²) < 4.78 is 0. The second kappa shape index (κ2) is 8.00. The third-order valence-electron chi connectivity index (χ3n) is 5.68. The quantitative estimate of drug-likeness (QED) is 0.757. The van der Waals surface area contributed by atoms with E-state index in [0.717, 1.165) is 37.2 Å². The van der Waals surface area contributed by atoms with Crippen molar-refractivity contribution in [2.24, 2.45) is 0 Å². The van der Waals surface area contributed by atoms with Crippen molar-refractivity contribution in [3.05, 3.63) is 59.8 Å². The van der Waals surface area contributed by atoms with Crippen LogP contribution in [0.4, 0.5) is 5.82 Å². The van der Waals surface area contributed by atoms with Gasteiger partial charge in [-0.15, -0.1) is 0 Å². The van der Waals surface area contributed by atoms with E-state index in [4.69, 9.17) is 0 Å². The number of nitrogens with zero attached hydrogens (tertiary/aromatic N) is 2. The Hall–Kier alpha value is -2.89. The number of H-pyrrole nitrogens is 1. The smallest absolute Gasteiger partial charge is 0.245 e. The third kappa shape index (κ3) is 4.32. The summed E-state index contributed by atoms with van der Waals surface area (Å²) in [6, 6.07) is 10.2. The predicted molar refractivity (Wildman–Crippen MR) is 108 cm³/mol. The Labute approximate surface area is 165 Å². The number of piperidine rings is 1. The van der Waals surface area contributed by atoms with Gasteiger partial charge in [-0.25, -0.2) is 0 Å². The van der Waals surface area contributed by atoms with Crippen molar-refractivity contribution in [1.29, 1.82) is 0 Å². The Morgan fingerprint density at radius 3 is 2.50 bits per heavy atom. The zero-order valence-electron chi connectivity index (χ0n) is 16.0. The summed E-state index contributed by atoms with van der Waals surface area (Å²) in [4.78, 5) is 25.8. The molecule has 0 atom stereocenters. The van der Waals surface area contributed by atoms with E-state index in [1.165, 1.54) is 24.5 Å². The van der Waals surface area contributed by atoms with Gasteiger partial charge in [0.25, 0.3) is 0 Å². The number of nitrogens with one attached hydrogen (secondary N) is 2. The van der Waals surface area contributed by atoms with Gasteiger partial charge in [0, 0.05) is 30.8 Å². The van der Waals surface area contributed by atoms with Crippen LogP contribution in [0.5, 0.6) is 0 Å². The monoisotopic (exact) mass is 378 g/mol. The first kappa shape index (κ1) is 18.5. The first-order valence-corrected chi connectivity index (χ1v) is 9.97. The zero-order chi connectivity index (χ0) is 19.5. The van der Waals surface area contributed by atoms with Crippen LogP contribution in [0.1, 0.15) is 54.3 Å². The minimum absolute atomic E-state index is 0.0148. The molecule has 1 aliphatic heterocycles. The van der Waals surface area contributed by atoms with Crippen molar-refractivity contribution in [2.45, 2.75) is 43.9 Å². The Bertz CT molecular complexity index is 859. The summed E-state index contributed by atoms with van der Waals surface area (Å²) in [5, 5.41) is 10.0. The van der Waals surface area contributed by atoms with Gasteiger partial charge in [-0.2, -0.15) is 5.10 Å². The third-order valence-corrected chi connectivity index (χ3v) is 5.68. The van der Waals surface area contributed by atoms with Crippen LogP contribution in [-0.4, -0.2) is 40.0 Å². The number of hydrogen-bond acceptors (Lipinski definition) is 3. The highest BCUT2D eigenvalue weighted by Gasteiger charge is 2.26. The number of carbonyl (C=O) groups is 2. The molecular weight excluding hydrogens is 352 g/mol. The molecule has 6 nitrogen and oxygen atoms in total. The van der Waals surface area contributed by atoms with E-state index < -0.39 is 0 Å². The fraction of sp³-hybridized carbons (Fsp3) is 0.409. The molecule has 2 N–H and O–H groups in total. The summed E-state index contributed by atoms with van der Waals surface area (Å²) in [6.07, 6.45) is 6.04. The van der Waals surface area contributed by atoms with Gasteiger partial charge in [-0.1, -0.05) is 30.8 Å². The Balaban J connectivity index is 1.28. The lowest BCUT2D eigenvalue weighted by Gasteiger charge is -2.31. The number of hydrogen-bond donors (Lipinski definition) is 2. The molecule has 0 spiro atoms.